The van der Waals surface area contributed by atoms with Gasteiger partial charge in [-0.3, -0.25) is 0 Å². The van der Waals surface area contributed by atoms with Crippen LogP contribution in [-0.4, -0.2) is 37.6 Å². The standard InChI is InChI=1S/C23H33NO4/c1-4-5-6-9-17-12-20(25)22(18-10-7-8-16(2)11-18)21(13-17)28-23(24-3)27-15-19-14-26-19/h11-13,18-19,25H,4-10,14-15H2,1-3H3. The molecule has 1 fully saturated rings. The van der Waals surface area contributed by atoms with Gasteiger partial charge in [-0.15, -0.1) is 0 Å². The van der Waals surface area contributed by atoms with Crippen LogP contribution in [0.1, 0.15) is 69.4 Å². The van der Waals surface area contributed by atoms with Crippen LogP contribution in [0, 0.1) is 0 Å². The van der Waals surface area contributed by atoms with Gasteiger partial charge >= 0.3 is 6.08 Å². The topological polar surface area (TPSA) is 63.6 Å². The van der Waals surface area contributed by atoms with Crippen molar-refractivity contribution in [3.8, 4) is 11.5 Å². The number of aliphatic imine (C=N–C) groups is 1. The van der Waals surface area contributed by atoms with E-state index < -0.39 is 0 Å². The first-order valence-electron chi connectivity index (χ1n) is 10.5. The molecule has 0 amide bonds. The SMILES string of the molecule is CCCCCc1cc(O)c(C2C=C(C)CCC2)c(OC(=NC)OCC2CO2)c1. The first-order chi connectivity index (χ1) is 13.6. The second-order valence-corrected chi connectivity index (χ2v) is 7.85. The summed E-state index contributed by atoms with van der Waals surface area (Å²) in [6.45, 7) is 5.51. The molecule has 1 aliphatic carbocycles. The molecule has 2 aliphatic rings. The van der Waals surface area contributed by atoms with E-state index in [-0.39, 0.29) is 18.1 Å². The summed E-state index contributed by atoms with van der Waals surface area (Å²) < 4.78 is 16.9. The number of nitrogens with zero attached hydrogens (tertiary/aromatic N) is 1. The monoisotopic (exact) mass is 387 g/mol. The van der Waals surface area contributed by atoms with Crippen LogP contribution in [-0.2, 0) is 15.9 Å². The molecule has 0 spiro atoms. The minimum absolute atomic E-state index is 0.137. The molecule has 0 bridgehead atoms. The van der Waals surface area contributed by atoms with Gasteiger partial charge in [0.15, 0.2) is 0 Å². The summed E-state index contributed by atoms with van der Waals surface area (Å²) >= 11 is 0. The molecule has 5 nitrogen and oxygen atoms in total. The fourth-order valence-corrected chi connectivity index (χ4v) is 3.75. The molecule has 28 heavy (non-hydrogen) atoms. The number of unbranched alkanes of at least 4 members (excludes halogenated alkanes) is 2. The molecule has 2 atom stereocenters. The van der Waals surface area contributed by atoms with Crippen LogP contribution in [0.2, 0.25) is 0 Å². The molecule has 0 radical (unpaired) electrons. The molecular formula is C23H33NO4. The van der Waals surface area contributed by atoms with Gasteiger partial charge < -0.3 is 19.3 Å². The van der Waals surface area contributed by atoms with Crippen LogP contribution >= 0.6 is 0 Å². The highest BCUT2D eigenvalue weighted by Gasteiger charge is 2.26. The zero-order valence-corrected chi connectivity index (χ0v) is 17.4. The molecule has 1 aromatic rings. The van der Waals surface area contributed by atoms with Gasteiger partial charge in [-0.1, -0.05) is 31.4 Å². The van der Waals surface area contributed by atoms with E-state index in [0.717, 1.165) is 49.8 Å². The summed E-state index contributed by atoms with van der Waals surface area (Å²) in [4.78, 5) is 4.14. The first kappa shape index (κ1) is 20.7. The maximum Gasteiger partial charge on any atom is 0.388 e. The molecule has 1 heterocycles. The van der Waals surface area contributed by atoms with E-state index in [1.54, 1.807) is 7.05 Å². The number of aryl methyl sites for hydroxylation is 1. The Kier molecular flexibility index (Phi) is 7.37. The zero-order valence-electron chi connectivity index (χ0n) is 17.4. The Bertz CT molecular complexity index is 722. The number of epoxide rings is 1. The maximum atomic E-state index is 10.9. The van der Waals surface area contributed by atoms with Gasteiger partial charge in [0.2, 0.25) is 0 Å². The first-order valence-corrected chi connectivity index (χ1v) is 10.5. The Morgan fingerprint density at radius 1 is 1.32 bits per heavy atom. The number of aromatic hydroxyl groups is 1. The van der Waals surface area contributed by atoms with Gasteiger partial charge in [0, 0.05) is 18.5 Å². The van der Waals surface area contributed by atoms with Crippen molar-refractivity contribution in [3.05, 3.63) is 34.9 Å². The number of rotatable bonds is 8. The lowest BCUT2D eigenvalue weighted by molar-refractivity contribution is 0.205. The van der Waals surface area contributed by atoms with Crippen LogP contribution in [0.3, 0.4) is 0 Å². The van der Waals surface area contributed by atoms with Gasteiger partial charge in [0.1, 0.15) is 24.2 Å². The number of phenolic OH excluding ortho intramolecular Hbond substituents is 1. The molecule has 1 saturated heterocycles. The van der Waals surface area contributed by atoms with E-state index in [1.807, 2.05) is 12.1 Å². The highest BCUT2D eigenvalue weighted by atomic mass is 16.7. The summed E-state index contributed by atoms with van der Waals surface area (Å²) in [7, 11) is 1.65. The van der Waals surface area contributed by atoms with Crippen LogP contribution in [0.4, 0.5) is 0 Å². The molecule has 3 rings (SSSR count). The van der Waals surface area contributed by atoms with Crippen molar-refractivity contribution < 1.29 is 19.3 Å². The van der Waals surface area contributed by atoms with Crippen molar-refractivity contribution in [3.63, 3.8) is 0 Å². The number of phenols is 1. The smallest absolute Gasteiger partial charge is 0.388 e. The third-order valence-corrected chi connectivity index (χ3v) is 5.37. The summed E-state index contributed by atoms with van der Waals surface area (Å²) in [6.07, 6.45) is 10.2. The summed E-state index contributed by atoms with van der Waals surface area (Å²) in [6, 6.07) is 3.95. The molecule has 154 valence electrons. The fraction of sp³-hybridized carbons (Fsp3) is 0.609. The fourth-order valence-electron chi connectivity index (χ4n) is 3.75. The second kappa shape index (κ2) is 9.97. The molecule has 0 aromatic heterocycles. The van der Waals surface area contributed by atoms with Crippen LogP contribution < -0.4 is 4.74 Å². The van der Waals surface area contributed by atoms with Gasteiger partial charge in [-0.25, -0.2) is 4.99 Å². The molecule has 0 saturated carbocycles. The summed E-state index contributed by atoms with van der Waals surface area (Å²) in [5.74, 6) is 1.11. The third-order valence-electron chi connectivity index (χ3n) is 5.37. The van der Waals surface area contributed by atoms with Gasteiger partial charge in [-0.2, -0.15) is 0 Å². The number of hydrogen-bond acceptors (Lipinski definition) is 5. The van der Waals surface area contributed by atoms with Gasteiger partial charge in [-0.05, 0) is 56.7 Å². The molecule has 1 N–H and O–H groups in total. The third kappa shape index (κ3) is 5.74. The van der Waals surface area contributed by atoms with Crippen LogP contribution in [0.5, 0.6) is 11.5 Å². The van der Waals surface area contributed by atoms with Crippen molar-refractivity contribution >= 4 is 6.08 Å². The molecule has 1 aromatic carbocycles. The lowest BCUT2D eigenvalue weighted by atomic mass is 9.84. The van der Waals surface area contributed by atoms with E-state index in [0.29, 0.717) is 18.1 Å². The van der Waals surface area contributed by atoms with Crippen molar-refractivity contribution in [2.24, 2.45) is 4.99 Å². The van der Waals surface area contributed by atoms with Crippen molar-refractivity contribution in [1.82, 2.24) is 0 Å². The highest BCUT2D eigenvalue weighted by Crippen LogP contribution is 2.42. The summed E-state index contributed by atoms with van der Waals surface area (Å²) in [5, 5.41) is 10.9. The minimum Gasteiger partial charge on any atom is -0.507 e. The number of allylic oxidation sites excluding steroid dienone is 2. The number of benzene rings is 1. The average molecular weight is 388 g/mol. The largest absolute Gasteiger partial charge is 0.507 e. The summed E-state index contributed by atoms with van der Waals surface area (Å²) in [5.41, 5.74) is 3.29. The van der Waals surface area contributed by atoms with Crippen LogP contribution in [0.25, 0.3) is 0 Å². The Labute approximate surface area is 168 Å². The number of ether oxygens (including phenoxy) is 3. The Balaban J connectivity index is 1.86. The Morgan fingerprint density at radius 2 is 2.14 bits per heavy atom. The average Bonchev–Trinajstić information content (AvgIpc) is 3.49. The van der Waals surface area contributed by atoms with E-state index in [2.05, 4.69) is 24.9 Å². The second-order valence-electron chi connectivity index (χ2n) is 7.85. The van der Waals surface area contributed by atoms with E-state index in [4.69, 9.17) is 14.2 Å². The van der Waals surface area contributed by atoms with E-state index in [9.17, 15) is 5.11 Å². The Hall–Kier alpha value is -2.01. The van der Waals surface area contributed by atoms with Crippen molar-refractivity contribution in [1.29, 1.82) is 0 Å². The van der Waals surface area contributed by atoms with E-state index in [1.165, 1.54) is 18.4 Å². The lowest BCUT2D eigenvalue weighted by Crippen LogP contribution is -2.18. The van der Waals surface area contributed by atoms with Gasteiger partial charge in [0.05, 0.1) is 6.61 Å². The minimum atomic E-state index is 0.137. The van der Waals surface area contributed by atoms with Crippen molar-refractivity contribution in [2.45, 2.75) is 70.8 Å². The zero-order chi connectivity index (χ0) is 19.9. The molecule has 5 heteroatoms. The predicted octanol–water partition coefficient (Wildman–Crippen LogP) is 5.12. The maximum absolute atomic E-state index is 10.9. The van der Waals surface area contributed by atoms with Gasteiger partial charge in [0.25, 0.3) is 0 Å². The normalized spacial score (nSPS) is 22.0. The number of hydrogen-bond donors (Lipinski definition) is 1. The highest BCUT2D eigenvalue weighted by molar-refractivity contribution is 5.71. The molecule has 1 aliphatic heterocycles. The van der Waals surface area contributed by atoms with Crippen molar-refractivity contribution in [2.75, 3.05) is 20.3 Å². The predicted molar refractivity (Wildman–Crippen MR) is 111 cm³/mol. The van der Waals surface area contributed by atoms with Crippen LogP contribution in [0.15, 0.2) is 28.8 Å². The quantitative estimate of drug-likeness (QED) is 0.221. The Morgan fingerprint density at radius 3 is 2.82 bits per heavy atom. The lowest BCUT2D eigenvalue weighted by Gasteiger charge is -2.24. The molecule has 2 unspecified atom stereocenters. The van der Waals surface area contributed by atoms with E-state index >= 15 is 0 Å². The molecular weight excluding hydrogens is 354 g/mol.